The number of hydrogen-bond donors (Lipinski definition) is 0. The first-order valence-corrected chi connectivity index (χ1v) is 6.62. The van der Waals surface area contributed by atoms with E-state index < -0.39 is 0 Å². The van der Waals surface area contributed by atoms with Crippen LogP contribution in [0.15, 0.2) is 18.2 Å². The Labute approximate surface area is 117 Å². The molecule has 1 aromatic rings. The van der Waals surface area contributed by atoms with Crippen LogP contribution in [-0.4, -0.2) is 36.1 Å². The number of hydrogen-bond acceptors (Lipinski definition) is 2. The Kier molecular flexibility index (Phi) is 4.15. The molecule has 1 aliphatic heterocycles. The van der Waals surface area contributed by atoms with Crippen molar-refractivity contribution in [2.24, 2.45) is 0 Å². The maximum absolute atomic E-state index is 12.4. The Morgan fingerprint density at radius 1 is 1.28 bits per heavy atom. The van der Waals surface area contributed by atoms with E-state index in [4.69, 9.17) is 27.9 Å². The second kappa shape index (κ2) is 5.47. The molecule has 0 spiro atoms. The van der Waals surface area contributed by atoms with Crippen molar-refractivity contribution >= 4 is 29.1 Å². The quantitative estimate of drug-likeness (QED) is 0.794. The fraction of sp³-hybridized carbons (Fsp3) is 0.462. The molecule has 0 radical (unpaired) electrons. The van der Waals surface area contributed by atoms with Crippen molar-refractivity contribution in [3.05, 3.63) is 33.8 Å². The molecule has 2 atom stereocenters. The van der Waals surface area contributed by atoms with Crippen LogP contribution in [0.4, 0.5) is 0 Å². The predicted molar refractivity (Wildman–Crippen MR) is 72.4 cm³/mol. The SMILES string of the molecule is C[C@@H]1CN(C(=O)c2cc(Cl)ccc2Cl)C[C@@H](C)O1. The molecule has 2 rings (SSSR count). The molecular formula is C13H15Cl2NO2. The lowest BCUT2D eigenvalue weighted by Gasteiger charge is -2.35. The van der Waals surface area contributed by atoms with E-state index in [1.54, 1.807) is 23.1 Å². The Bertz CT molecular complexity index is 454. The van der Waals surface area contributed by atoms with Gasteiger partial charge in [-0.15, -0.1) is 0 Å². The minimum absolute atomic E-state index is 0.0376. The first kappa shape index (κ1) is 13.7. The van der Waals surface area contributed by atoms with E-state index in [1.807, 2.05) is 13.8 Å². The minimum Gasteiger partial charge on any atom is -0.372 e. The second-order valence-corrected chi connectivity index (χ2v) is 5.44. The maximum atomic E-state index is 12.4. The van der Waals surface area contributed by atoms with Gasteiger partial charge in [-0.25, -0.2) is 0 Å². The van der Waals surface area contributed by atoms with Gasteiger partial charge in [0.1, 0.15) is 0 Å². The minimum atomic E-state index is -0.0931. The summed E-state index contributed by atoms with van der Waals surface area (Å²) in [7, 11) is 0. The van der Waals surface area contributed by atoms with Crippen molar-refractivity contribution in [2.75, 3.05) is 13.1 Å². The van der Waals surface area contributed by atoms with Crippen LogP contribution in [0, 0.1) is 0 Å². The van der Waals surface area contributed by atoms with E-state index in [2.05, 4.69) is 0 Å². The van der Waals surface area contributed by atoms with Gasteiger partial charge in [-0.3, -0.25) is 4.79 Å². The third-order valence-corrected chi connectivity index (χ3v) is 3.43. The summed E-state index contributed by atoms with van der Waals surface area (Å²) in [6.07, 6.45) is 0.0753. The summed E-state index contributed by atoms with van der Waals surface area (Å²) in [5.41, 5.74) is 0.450. The number of ether oxygens (including phenoxy) is 1. The van der Waals surface area contributed by atoms with Gasteiger partial charge < -0.3 is 9.64 Å². The van der Waals surface area contributed by atoms with Gasteiger partial charge >= 0.3 is 0 Å². The first-order valence-electron chi connectivity index (χ1n) is 5.87. The Morgan fingerprint density at radius 3 is 2.50 bits per heavy atom. The Hall–Kier alpha value is -0.770. The molecule has 0 aromatic heterocycles. The topological polar surface area (TPSA) is 29.5 Å². The zero-order valence-electron chi connectivity index (χ0n) is 10.3. The third-order valence-electron chi connectivity index (χ3n) is 2.87. The standard InChI is InChI=1S/C13H15Cl2NO2/c1-8-6-16(7-9(2)18-8)13(17)11-5-10(14)3-4-12(11)15/h3-5,8-9H,6-7H2,1-2H3/t8-,9-/m1/s1. The van der Waals surface area contributed by atoms with E-state index in [9.17, 15) is 4.79 Å². The summed E-state index contributed by atoms with van der Waals surface area (Å²) in [6, 6.07) is 4.92. The van der Waals surface area contributed by atoms with E-state index in [-0.39, 0.29) is 18.1 Å². The molecule has 98 valence electrons. The van der Waals surface area contributed by atoms with E-state index >= 15 is 0 Å². The summed E-state index contributed by atoms with van der Waals surface area (Å²) in [5.74, 6) is -0.0931. The van der Waals surface area contributed by atoms with Gasteiger partial charge in [0.25, 0.3) is 5.91 Å². The van der Waals surface area contributed by atoms with Gasteiger partial charge in [0.05, 0.1) is 22.8 Å². The molecule has 0 N–H and O–H groups in total. The first-order chi connectivity index (χ1) is 8.47. The molecule has 0 bridgehead atoms. The highest BCUT2D eigenvalue weighted by molar-refractivity contribution is 6.35. The summed E-state index contributed by atoms with van der Waals surface area (Å²) in [6.45, 7) is 5.06. The Morgan fingerprint density at radius 2 is 1.89 bits per heavy atom. The van der Waals surface area contributed by atoms with E-state index in [0.717, 1.165) is 0 Å². The zero-order chi connectivity index (χ0) is 13.3. The average molecular weight is 288 g/mol. The largest absolute Gasteiger partial charge is 0.372 e. The molecule has 0 saturated carbocycles. The lowest BCUT2D eigenvalue weighted by Crippen LogP contribution is -2.48. The second-order valence-electron chi connectivity index (χ2n) is 4.59. The number of carbonyl (C=O) groups is 1. The zero-order valence-corrected chi connectivity index (χ0v) is 11.8. The summed E-state index contributed by atoms with van der Waals surface area (Å²) in [4.78, 5) is 14.2. The molecule has 5 heteroatoms. The van der Waals surface area contributed by atoms with Crippen LogP contribution in [-0.2, 0) is 4.74 Å². The van der Waals surface area contributed by atoms with Gasteiger partial charge in [0.15, 0.2) is 0 Å². The molecule has 1 amide bonds. The number of rotatable bonds is 1. The fourth-order valence-electron chi connectivity index (χ4n) is 2.18. The van der Waals surface area contributed by atoms with Gasteiger partial charge in [-0.1, -0.05) is 23.2 Å². The summed E-state index contributed by atoms with van der Waals surface area (Å²) < 4.78 is 5.60. The van der Waals surface area contributed by atoms with Crippen molar-refractivity contribution in [1.82, 2.24) is 4.90 Å². The van der Waals surface area contributed by atoms with Crippen LogP contribution < -0.4 is 0 Å². The van der Waals surface area contributed by atoms with Gasteiger partial charge in [-0.05, 0) is 32.0 Å². The van der Waals surface area contributed by atoms with Crippen molar-refractivity contribution in [2.45, 2.75) is 26.1 Å². The lowest BCUT2D eigenvalue weighted by atomic mass is 10.1. The van der Waals surface area contributed by atoms with Crippen LogP contribution in [0.3, 0.4) is 0 Å². The maximum Gasteiger partial charge on any atom is 0.255 e. The molecule has 1 aromatic carbocycles. The lowest BCUT2D eigenvalue weighted by molar-refractivity contribution is -0.0586. The monoisotopic (exact) mass is 287 g/mol. The molecule has 3 nitrogen and oxygen atoms in total. The van der Waals surface area contributed by atoms with Crippen molar-refractivity contribution < 1.29 is 9.53 Å². The van der Waals surface area contributed by atoms with Gasteiger partial charge in [-0.2, -0.15) is 0 Å². The molecule has 18 heavy (non-hydrogen) atoms. The molecule has 1 aliphatic rings. The van der Waals surface area contributed by atoms with Crippen LogP contribution >= 0.6 is 23.2 Å². The van der Waals surface area contributed by atoms with Gasteiger partial charge in [0, 0.05) is 18.1 Å². The number of halogens is 2. The van der Waals surface area contributed by atoms with Crippen LogP contribution in [0.5, 0.6) is 0 Å². The van der Waals surface area contributed by atoms with Crippen LogP contribution in [0.25, 0.3) is 0 Å². The third kappa shape index (κ3) is 2.97. The summed E-state index contributed by atoms with van der Waals surface area (Å²) >= 11 is 11.9. The molecule has 0 unspecified atom stereocenters. The molecule has 1 saturated heterocycles. The van der Waals surface area contributed by atoms with Crippen molar-refractivity contribution in [3.8, 4) is 0 Å². The number of carbonyl (C=O) groups excluding carboxylic acids is 1. The highest BCUT2D eigenvalue weighted by Gasteiger charge is 2.27. The Balaban J connectivity index is 2.22. The van der Waals surface area contributed by atoms with Crippen LogP contribution in [0.2, 0.25) is 10.0 Å². The number of morpholine rings is 1. The number of benzene rings is 1. The fourth-order valence-corrected chi connectivity index (χ4v) is 2.55. The molecular weight excluding hydrogens is 273 g/mol. The number of amides is 1. The van der Waals surface area contributed by atoms with E-state index in [0.29, 0.717) is 28.7 Å². The number of nitrogens with zero attached hydrogens (tertiary/aromatic N) is 1. The smallest absolute Gasteiger partial charge is 0.255 e. The molecule has 1 heterocycles. The van der Waals surface area contributed by atoms with E-state index in [1.165, 1.54) is 0 Å². The molecule has 1 fully saturated rings. The van der Waals surface area contributed by atoms with Gasteiger partial charge in [0.2, 0.25) is 0 Å². The van der Waals surface area contributed by atoms with Crippen LogP contribution in [0.1, 0.15) is 24.2 Å². The average Bonchev–Trinajstić information content (AvgIpc) is 2.30. The highest BCUT2D eigenvalue weighted by Crippen LogP contribution is 2.23. The normalized spacial score (nSPS) is 24.1. The summed E-state index contributed by atoms with van der Waals surface area (Å²) in [5, 5.41) is 0.938. The predicted octanol–water partition coefficient (Wildman–Crippen LogP) is 3.24. The molecule has 0 aliphatic carbocycles. The van der Waals surface area contributed by atoms with Crippen molar-refractivity contribution in [3.63, 3.8) is 0 Å². The highest BCUT2D eigenvalue weighted by atomic mass is 35.5. The van der Waals surface area contributed by atoms with Crippen molar-refractivity contribution in [1.29, 1.82) is 0 Å².